The molecule has 0 amide bonds. The van der Waals surface area contributed by atoms with Gasteiger partial charge in [-0.15, -0.1) is 0 Å². The fourth-order valence-electron chi connectivity index (χ4n) is 1.35. The molecule has 2 atom stereocenters. The Labute approximate surface area is 96.2 Å². The van der Waals surface area contributed by atoms with Crippen LogP contribution in [0, 0.1) is 0 Å². The number of hydrogen-bond donors (Lipinski definition) is 1. The molecule has 1 unspecified atom stereocenters. The number of rotatable bonds is 3. The van der Waals surface area contributed by atoms with Crippen LogP contribution in [0.3, 0.4) is 0 Å². The van der Waals surface area contributed by atoms with Crippen molar-refractivity contribution in [2.45, 2.75) is 32.9 Å². The molecule has 0 fully saturated rings. The quantitative estimate of drug-likeness (QED) is 0.748. The topological polar surface area (TPSA) is 43.2 Å². The van der Waals surface area contributed by atoms with Crippen LogP contribution in [0.2, 0.25) is 0 Å². The third-order valence-corrected chi connectivity index (χ3v) is 2.35. The predicted octanol–water partition coefficient (Wildman–Crippen LogP) is 1.56. The zero-order valence-corrected chi connectivity index (χ0v) is 10.3. The van der Waals surface area contributed by atoms with Gasteiger partial charge in [0, 0.05) is 5.75 Å². The minimum atomic E-state index is -0.106. The van der Waals surface area contributed by atoms with Crippen molar-refractivity contribution in [2.24, 2.45) is 9.98 Å². The second-order valence-corrected chi connectivity index (χ2v) is 3.54. The van der Waals surface area contributed by atoms with Gasteiger partial charge in [0.25, 0.3) is 0 Å². The van der Waals surface area contributed by atoms with Gasteiger partial charge in [-0.1, -0.05) is 0 Å². The van der Waals surface area contributed by atoms with E-state index in [0.717, 1.165) is 0 Å². The number of aliphatic imine (C=N–C) groups is 2. The minimum Gasteiger partial charge on any atom is -0.480 e. The maximum Gasteiger partial charge on any atom is 0.210 e. The van der Waals surface area contributed by atoms with Crippen molar-refractivity contribution in [3.63, 3.8) is 0 Å². The van der Waals surface area contributed by atoms with Crippen LogP contribution in [0.1, 0.15) is 20.8 Å². The van der Waals surface area contributed by atoms with Crippen LogP contribution >= 0.6 is 12.6 Å². The molecular weight excluding hydrogens is 212 g/mol. The van der Waals surface area contributed by atoms with E-state index in [1.165, 1.54) is 0 Å². The van der Waals surface area contributed by atoms with Gasteiger partial charge >= 0.3 is 0 Å². The second-order valence-electron chi connectivity index (χ2n) is 3.18. The fraction of sp³-hybridized carbons (Fsp3) is 0.800. The van der Waals surface area contributed by atoms with E-state index in [1.807, 2.05) is 20.8 Å². The van der Waals surface area contributed by atoms with Gasteiger partial charge < -0.3 is 9.47 Å². The molecule has 0 saturated carbocycles. The van der Waals surface area contributed by atoms with Gasteiger partial charge in [0.05, 0.1) is 13.2 Å². The molecule has 0 bridgehead atoms. The molecule has 86 valence electrons. The van der Waals surface area contributed by atoms with Crippen molar-refractivity contribution >= 4 is 24.4 Å². The molecule has 0 saturated heterocycles. The van der Waals surface area contributed by atoms with Crippen molar-refractivity contribution in [3.8, 4) is 0 Å². The Balaban J connectivity index is 2.75. The van der Waals surface area contributed by atoms with Crippen molar-refractivity contribution in [3.05, 3.63) is 0 Å². The molecule has 1 aliphatic heterocycles. The lowest BCUT2D eigenvalue weighted by molar-refractivity contribution is 0.289. The van der Waals surface area contributed by atoms with E-state index in [4.69, 9.17) is 9.47 Å². The van der Waals surface area contributed by atoms with Crippen LogP contribution in [-0.4, -0.2) is 42.8 Å². The van der Waals surface area contributed by atoms with Gasteiger partial charge in [-0.3, -0.25) is 0 Å². The van der Waals surface area contributed by atoms with Crippen molar-refractivity contribution < 1.29 is 9.47 Å². The van der Waals surface area contributed by atoms with Gasteiger partial charge in [-0.2, -0.15) is 12.6 Å². The van der Waals surface area contributed by atoms with Crippen molar-refractivity contribution in [2.75, 3.05) is 19.0 Å². The molecule has 0 aromatic heterocycles. The number of ether oxygens (including phenoxy) is 2. The average Bonchev–Trinajstić information content (AvgIpc) is 2.22. The average molecular weight is 230 g/mol. The van der Waals surface area contributed by atoms with E-state index in [2.05, 4.69) is 22.6 Å². The molecule has 15 heavy (non-hydrogen) atoms. The summed E-state index contributed by atoms with van der Waals surface area (Å²) in [5.41, 5.74) is 0. The summed E-state index contributed by atoms with van der Waals surface area (Å²) in [6.07, 6.45) is 0. The lowest BCUT2D eigenvalue weighted by Gasteiger charge is -2.23. The Kier molecular flexibility index (Phi) is 4.94. The highest BCUT2D eigenvalue weighted by molar-refractivity contribution is 7.80. The van der Waals surface area contributed by atoms with Gasteiger partial charge in [0.1, 0.15) is 12.1 Å². The van der Waals surface area contributed by atoms with Crippen LogP contribution in [-0.2, 0) is 9.47 Å². The molecule has 4 nitrogen and oxygen atoms in total. The van der Waals surface area contributed by atoms with Crippen LogP contribution < -0.4 is 0 Å². The van der Waals surface area contributed by atoms with Crippen LogP contribution in [0.25, 0.3) is 0 Å². The van der Waals surface area contributed by atoms with Crippen LogP contribution in [0.5, 0.6) is 0 Å². The molecular formula is C10H18N2O2S. The van der Waals surface area contributed by atoms with E-state index in [9.17, 15) is 0 Å². The molecule has 1 aliphatic rings. The Morgan fingerprint density at radius 1 is 1.13 bits per heavy atom. The van der Waals surface area contributed by atoms with E-state index in [-0.39, 0.29) is 12.1 Å². The molecule has 0 spiro atoms. The fourth-order valence-corrected chi connectivity index (χ4v) is 1.59. The smallest absolute Gasteiger partial charge is 0.210 e. The van der Waals surface area contributed by atoms with E-state index < -0.39 is 0 Å². The maximum absolute atomic E-state index is 5.42. The zero-order chi connectivity index (χ0) is 11.3. The Morgan fingerprint density at radius 3 is 2.27 bits per heavy atom. The molecule has 0 N–H and O–H groups in total. The van der Waals surface area contributed by atoms with Crippen molar-refractivity contribution in [1.29, 1.82) is 0 Å². The van der Waals surface area contributed by atoms with Crippen molar-refractivity contribution in [1.82, 2.24) is 0 Å². The molecule has 0 radical (unpaired) electrons. The predicted molar refractivity (Wildman–Crippen MR) is 65.2 cm³/mol. The third kappa shape index (κ3) is 3.12. The van der Waals surface area contributed by atoms with Gasteiger partial charge in [0.15, 0.2) is 0 Å². The van der Waals surface area contributed by atoms with Gasteiger partial charge in [0.2, 0.25) is 11.8 Å². The first-order valence-corrected chi connectivity index (χ1v) is 5.88. The molecule has 1 heterocycles. The molecule has 0 aliphatic carbocycles. The van der Waals surface area contributed by atoms with E-state index in [0.29, 0.717) is 30.8 Å². The summed E-state index contributed by atoms with van der Waals surface area (Å²) in [4.78, 5) is 8.85. The largest absolute Gasteiger partial charge is 0.480 e. The first kappa shape index (κ1) is 12.4. The SMILES string of the molecule is CCOC1=N[C@@H](CS)C(OCC)=NC1C. The molecule has 1 rings (SSSR count). The summed E-state index contributed by atoms with van der Waals surface area (Å²) in [6, 6.07) is -0.159. The molecule has 5 heteroatoms. The van der Waals surface area contributed by atoms with Gasteiger partial charge in [-0.05, 0) is 20.8 Å². The summed E-state index contributed by atoms with van der Waals surface area (Å²) >= 11 is 4.23. The molecule has 0 aromatic rings. The number of hydrogen-bond acceptors (Lipinski definition) is 5. The van der Waals surface area contributed by atoms with Gasteiger partial charge in [-0.25, -0.2) is 9.98 Å². The van der Waals surface area contributed by atoms with Crippen LogP contribution in [0.4, 0.5) is 0 Å². The third-order valence-electron chi connectivity index (χ3n) is 2.00. The summed E-state index contributed by atoms with van der Waals surface area (Å²) in [5, 5.41) is 0. The maximum atomic E-state index is 5.42. The highest BCUT2D eigenvalue weighted by atomic mass is 32.1. The highest BCUT2D eigenvalue weighted by Crippen LogP contribution is 2.12. The first-order valence-electron chi connectivity index (χ1n) is 5.24. The lowest BCUT2D eigenvalue weighted by atomic mass is 10.2. The lowest BCUT2D eigenvalue weighted by Crippen LogP contribution is -2.35. The summed E-state index contributed by atoms with van der Waals surface area (Å²) in [7, 11) is 0. The highest BCUT2D eigenvalue weighted by Gasteiger charge is 2.25. The van der Waals surface area contributed by atoms with E-state index in [1.54, 1.807) is 0 Å². The van der Waals surface area contributed by atoms with E-state index >= 15 is 0 Å². The Hall–Kier alpha value is -0.710. The Morgan fingerprint density at radius 2 is 1.73 bits per heavy atom. The summed E-state index contributed by atoms with van der Waals surface area (Å²) in [6.45, 7) is 7.04. The monoisotopic (exact) mass is 230 g/mol. The Bertz CT molecular complexity index is 266. The summed E-state index contributed by atoms with van der Waals surface area (Å²) in [5.74, 6) is 1.94. The minimum absolute atomic E-state index is 0.0531. The van der Waals surface area contributed by atoms with Crippen LogP contribution in [0.15, 0.2) is 9.98 Å². The second kappa shape index (κ2) is 6.00. The zero-order valence-electron chi connectivity index (χ0n) is 9.43. The normalized spacial score (nSPS) is 25.6. The first-order chi connectivity index (χ1) is 7.22. The molecule has 0 aromatic carbocycles. The number of thiol groups is 1. The standard InChI is InChI=1S/C10H18N2O2S/c1-4-13-9-7(3)11-10(14-5-2)8(6-15)12-9/h7-8,15H,4-6H2,1-3H3/t7?,8-/m0/s1. The summed E-state index contributed by atoms with van der Waals surface area (Å²) < 4.78 is 10.8. The number of nitrogens with zero attached hydrogens (tertiary/aromatic N) is 2.